The number of nitrogens with one attached hydrogen (secondary N) is 2. The van der Waals surface area contributed by atoms with Crippen molar-refractivity contribution >= 4 is 12.0 Å². The highest BCUT2D eigenvalue weighted by atomic mass is 16.4. The van der Waals surface area contributed by atoms with Gasteiger partial charge in [-0.3, -0.25) is 4.79 Å². The Balaban J connectivity index is 1.33. The Labute approximate surface area is 157 Å². The summed E-state index contributed by atoms with van der Waals surface area (Å²) < 4.78 is 0. The molecule has 0 bridgehead atoms. The lowest BCUT2D eigenvalue weighted by molar-refractivity contribution is -0.137. The Morgan fingerprint density at radius 1 is 1.15 bits per heavy atom. The van der Waals surface area contributed by atoms with Crippen molar-refractivity contribution in [1.29, 1.82) is 0 Å². The molecule has 0 amide bonds. The molecule has 1 aromatic carbocycles. The van der Waals surface area contributed by atoms with Crippen LogP contribution < -0.4 is 10.6 Å². The van der Waals surface area contributed by atoms with E-state index in [9.17, 15) is 4.79 Å². The van der Waals surface area contributed by atoms with Crippen LogP contribution in [0.1, 0.15) is 57.4 Å². The molecule has 0 heterocycles. The SMILES string of the molecule is C/C(=C\c1ccccc1)[C@@H]1CC1NC1CCC(NCCCC(=O)O)CC1. The van der Waals surface area contributed by atoms with Crippen molar-refractivity contribution in [1.82, 2.24) is 10.6 Å². The fraction of sp³-hybridized carbons (Fsp3) is 0.591. The highest BCUT2D eigenvalue weighted by molar-refractivity contribution is 5.66. The van der Waals surface area contributed by atoms with Crippen molar-refractivity contribution in [2.75, 3.05) is 6.54 Å². The first-order valence-electron chi connectivity index (χ1n) is 10.1. The summed E-state index contributed by atoms with van der Waals surface area (Å²) in [5.41, 5.74) is 2.78. The zero-order chi connectivity index (χ0) is 18.4. The molecule has 0 radical (unpaired) electrons. The third kappa shape index (κ3) is 5.96. The third-order valence-corrected chi connectivity index (χ3v) is 5.75. The van der Waals surface area contributed by atoms with E-state index >= 15 is 0 Å². The van der Waals surface area contributed by atoms with Crippen molar-refractivity contribution in [2.24, 2.45) is 5.92 Å². The van der Waals surface area contributed by atoms with Gasteiger partial charge in [-0.1, -0.05) is 42.0 Å². The van der Waals surface area contributed by atoms with Crippen molar-refractivity contribution in [2.45, 2.75) is 70.0 Å². The van der Waals surface area contributed by atoms with Gasteiger partial charge in [0.25, 0.3) is 0 Å². The van der Waals surface area contributed by atoms with E-state index in [-0.39, 0.29) is 6.42 Å². The van der Waals surface area contributed by atoms with Crippen LogP contribution in [0.4, 0.5) is 0 Å². The Morgan fingerprint density at radius 3 is 2.54 bits per heavy atom. The van der Waals surface area contributed by atoms with Gasteiger partial charge in [-0.25, -0.2) is 0 Å². The molecular weight excluding hydrogens is 324 g/mol. The Hall–Kier alpha value is -1.65. The average Bonchev–Trinajstić information content (AvgIpc) is 3.40. The monoisotopic (exact) mass is 356 g/mol. The van der Waals surface area contributed by atoms with Gasteiger partial charge in [0, 0.05) is 24.5 Å². The maximum absolute atomic E-state index is 10.5. The lowest BCUT2D eigenvalue weighted by atomic mass is 9.91. The van der Waals surface area contributed by atoms with Gasteiger partial charge in [-0.05, 0) is 63.5 Å². The van der Waals surface area contributed by atoms with Gasteiger partial charge in [-0.15, -0.1) is 0 Å². The van der Waals surface area contributed by atoms with Crippen LogP contribution in [0.5, 0.6) is 0 Å². The van der Waals surface area contributed by atoms with Gasteiger partial charge in [0.15, 0.2) is 0 Å². The number of hydrogen-bond donors (Lipinski definition) is 3. The molecule has 4 heteroatoms. The summed E-state index contributed by atoms with van der Waals surface area (Å²) >= 11 is 0. The summed E-state index contributed by atoms with van der Waals surface area (Å²) in [7, 11) is 0. The summed E-state index contributed by atoms with van der Waals surface area (Å²) in [5.74, 6) is -0.00243. The number of rotatable bonds is 9. The summed E-state index contributed by atoms with van der Waals surface area (Å²) in [6.45, 7) is 3.08. The smallest absolute Gasteiger partial charge is 0.303 e. The number of carboxylic acid groups (broad SMARTS) is 1. The van der Waals surface area contributed by atoms with Crippen LogP contribution in [0, 0.1) is 5.92 Å². The van der Waals surface area contributed by atoms with Gasteiger partial charge in [0.1, 0.15) is 0 Å². The van der Waals surface area contributed by atoms with Crippen LogP contribution in [0.2, 0.25) is 0 Å². The maximum atomic E-state index is 10.5. The van der Waals surface area contributed by atoms with Crippen LogP contribution in [0.15, 0.2) is 35.9 Å². The molecule has 0 aliphatic heterocycles. The quantitative estimate of drug-likeness (QED) is 0.589. The lowest BCUT2D eigenvalue weighted by Crippen LogP contribution is -2.41. The molecule has 4 nitrogen and oxygen atoms in total. The second-order valence-corrected chi connectivity index (χ2v) is 7.91. The van der Waals surface area contributed by atoms with Crippen LogP contribution in [0.25, 0.3) is 6.08 Å². The molecule has 0 spiro atoms. The first-order valence-corrected chi connectivity index (χ1v) is 10.1. The predicted octanol–water partition coefficient (Wildman–Crippen LogP) is 3.83. The molecule has 142 valence electrons. The molecule has 0 saturated heterocycles. The van der Waals surface area contributed by atoms with Gasteiger partial charge in [-0.2, -0.15) is 0 Å². The van der Waals surface area contributed by atoms with E-state index in [1.807, 2.05) is 0 Å². The normalized spacial score (nSPS) is 28.7. The first-order chi connectivity index (χ1) is 12.6. The summed E-state index contributed by atoms with van der Waals surface area (Å²) in [4.78, 5) is 10.5. The minimum absolute atomic E-state index is 0.267. The molecule has 26 heavy (non-hydrogen) atoms. The second kappa shape index (κ2) is 9.33. The molecule has 1 unspecified atom stereocenters. The molecule has 0 aromatic heterocycles. The summed E-state index contributed by atoms with van der Waals surface area (Å²) in [6, 6.07) is 12.4. The minimum atomic E-state index is -0.699. The van der Waals surface area contributed by atoms with Crippen molar-refractivity contribution in [3.8, 4) is 0 Å². The van der Waals surface area contributed by atoms with Gasteiger partial charge < -0.3 is 15.7 Å². The highest BCUT2D eigenvalue weighted by Crippen LogP contribution is 2.39. The third-order valence-electron chi connectivity index (χ3n) is 5.75. The zero-order valence-corrected chi connectivity index (χ0v) is 15.8. The molecule has 2 aliphatic rings. The van der Waals surface area contributed by atoms with Gasteiger partial charge >= 0.3 is 5.97 Å². The molecule has 2 fully saturated rings. The molecule has 3 rings (SSSR count). The number of carbonyl (C=O) groups is 1. The average molecular weight is 357 g/mol. The zero-order valence-electron chi connectivity index (χ0n) is 15.8. The van der Waals surface area contributed by atoms with Crippen LogP contribution in [0.3, 0.4) is 0 Å². The maximum Gasteiger partial charge on any atom is 0.303 e. The van der Waals surface area contributed by atoms with E-state index in [1.165, 1.54) is 43.2 Å². The van der Waals surface area contributed by atoms with E-state index in [4.69, 9.17) is 5.11 Å². The predicted molar refractivity (Wildman–Crippen MR) is 106 cm³/mol. The fourth-order valence-electron chi connectivity index (χ4n) is 4.11. The van der Waals surface area contributed by atoms with E-state index in [1.54, 1.807) is 0 Å². The van der Waals surface area contributed by atoms with Crippen LogP contribution in [-0.4, -0.2) is 35.7 Å². The topological polar surface area (TPSA) is 61.4 Å². The minimum Gasteiger partial charge on any atom is -0.481 e. The van der Waals surface area contributed by atoms with Crippen molar-refractivity contribution in [3.63, 3.8) is 0 Å². The van der Waals surface area contributed by atoms with Gasteiger partial charge in [0.05, 0.1) is 0 Å². The Bertz CT molecular complexity index is 606. The number of carboxylic acids is 1. The first kappa shape index (κ1) is 19.1. The Morgan fingerprint density at radius 2 is 1.85 bits per heavy atom. The van der Waals surface area contributed by atoms with E-state index in [2.05, 4.69) is 54.0 Å². The molecule has 2 atom stereocenters. The number of aliphatic carboxylic acids is 1. The molecule has 2 aliphatic carbocycles. The summed E-state index contributed by atoms with van der Waals surface area (Å²) in [5, 5.41) is 16.1. The summed E-state index contributed by atoms with van der Waals surface area (Å²) in [6.07, 6.45) is 9.42. The van der Waals surface area contributed by atoms with Gasteiger partial charge in [0.2, 0.25) is 0 Å². The molecular formula is C22H32N2O2. The largest absolute Gasteiger partial charge is 0.481 e. The molecule has 3 N–H and O–H groups in total. The van der Waals surface area contributed by atoms with E-state index in [0.29, 0.717) is 24.0 Å². The highest BCUT2D eigenvalue weighted by Gasteiger charge is 2.39. The van der Waals surface area contributed by atoms with Crippen molar-refractivity contribution in [3.05, 3.63) is 41.5 Å². The second-order valence-electron chi connectivity index (χ2n) is 7.91. The van der Waals surface area contributed by atoms with Crippen LogP contribution in [-0.2, 0) is 4.79 Å². The standard InChI is InChI=1S/C22H32N2O2/c1-16(14-17-6-3-2-4-7-17)20-15-21(20)24-19-11-9-18(10-12-19)23-13-5-8-22(25)26/h2-4,6-7,14,18-21,23-24H,5,8-13,15H2,1H3,(H,25,26)/b16-14+/t18?,19?,20-,21?/m0/s1. The van der Waals surface area contributed by atoms with E-state index < -0.39 is 5.97 Å². The van der Waals surface area contributed by atoms with Crippen LogP contribution >= 0.6 is 0 Å². The van der Waals surface area contributed by atoms with E-state index in [0.717, 1.165) is 13.0 Å². The number of benzene rings is 1. The van der Waals surface area contributed by atoms with Crippen molar-refractivity contribution < 1.29 is 9.90 Å². The lowest BCUT2D eigenvalue weighted by Gasteiger charge is -2.30. The molecule has 2 saturated carbocycles. The number of hydrogen-bond acceptors (Lipinski definition) is 3. The molecule has 1 aromatic rings. The Kier molecular flexibility index (Phi) is 6.86. The fourth-order valence-corrected chi connectivity index (χ4v) is 4.11.